The molecule has 180 valence electrons. The summed E-state index contributed by atoms with van der Waals surface area (Å²) in [6, 6.07) is 21.0. The molecule has 0 aliphatic heterocycles. The largest absolute Gasteiger partial charge is 0.268 e. The number of fused-ring (bicyclic) bond motifs is 1. The first kappa shape index (κ1) is 24.7. The van der Waals surface area contributed by atoms with E-state index in [1.807, 2.05) is 62.4 Å². The van der Waals surface area contributed by atoms with Crippen LogP contribution < -0.4 is 4.72 Å². The highest BCUT2D eigenvalue weighted by Crippen LogP contribution is 2.28. The Hall–Kier alpha value is -3.42. The van der Waals surface area contributed by atoms with Crippen molar-refractivity contribution in [3.05, 3.63) is 100 Å². The number of allylic oxidation sites excluding steroid dienone is 1. The highest BCUT2D eigenvalue weighted by molar-refractivity contribution is 7.92. The molecule has 0 atom stereocenters. The number of nitrogens with zero attached hydrogens (tertiary/aromatic N) is 2. The van der Waals surface area contributed by atoms with Gasteiger partial charge in [0, 0.05) is 21.4 Å². The number of carbonyl (C=O) groups excluding carboxylic acids is 1. The lowest BCUT2D eigenvalue weighted by atomic mass is 10.0. The van der Waals surface area contributed by atoms with Crippen LogP contribution in [0.15, 0.2) is 78.2 Å². The number of benzene rings is 3. The normalized spacial score (nSPS) is 11.9. The third-order valence-corrected chi connectivity index (χ3v) is 7.02. The first-order valence-electron chi connectivity index (χ1n) is 11.3. The number of aromatic nitrogens is 2. The van der Waals surface area contributed by atoms with Crippen LogP contribution in [0.2, 0.25) is 5.02 Å². The van der Waals surface area contributed by atoms with Crippen LogP contribution in [0.3, 0.4) is 0 Å². The fraction of sp³-hybridized carbons (Fsp3) is 0.185. The fourth-order valence-electron chi connectivity index (χ4n) is 3.83. The molecule has 6 nitrogen and oxygen atoms in total. The number of hydrogen-bond donors (Lipinski definition) is 1. The van der Waals surface area contributed by atoms with Gasteiger partial charge in [-0.1, -0.05) is 79.6 Å². The van der Waals surface area contributed by atoms with E-state index < -0.39 is 15.9 Å². The molecule has 0 fully saturated rings. The molecule has 0 saturated heterocycles. The van der Waals surface area contributed by atoms with Crippen molar-refractivity contribution in [2.75, 3.05) is 0 Å². The molecule has 1 amide bonds. The van der Waals surface area contributed by atoms with Crippen LogP contribution >= 0.6 is 11.6 Å². The van der Waals surface area contributed by atoms with Crippen molar-refractivity contribution in [3.8, 4) is 11.1 Å². The van der Waals surface area contributed by atoms with Gasteiger partial charge in [0.15, 0.2) is 0 Å². The summed E-state index contributed by atoms with van der Waals surface area (Å²) in [4.78, 5) is 12.7. The van der Waals surface area contributed by atoms with Crippen LogP contribution in [0.25, 0.3) is 22.0 Å². The van der Waals surface area contributed by atoms with Gasteiger partial charge in [-0.2, -0.15) is 5.10 Å². The Bertz CT molecular complexity index is 1510. The van der Waals surface area contributed by atoms with Gasteiger partial charge in [-0.25, -0.2) is 13.1 Å². The topological polar surface area (TPSA) is 81.1 Å². The van der Waals surface area contributed by atoms with Gasteiger partial charge in [-0.3, -0.25) is 9.48 Å². The molecular weight excluding hydrogens is 482 g/mol. The average Bonchev–Trinajstić information content (AvgIpc) is 3.15. The molecule has 0 saturated carbocycles. The van der Waals surface area contributed by atoms with Gasteiger partial charge in [0.05, 0.1) is 17.8 Å². The third kappa shape index (κ3) is 5.81. The molecule has 0 aliphatic rings. The number of amides is 1. The van der Waals surface area contributed by atoms with Crippen molar-refractivity contribution in [3.63, 3.8) is 0 Å². The van der Waals surface area contributed by atoms with Gasteiger partial charge in [0.25, 0.3) is 15.9 Å². The highest BCUT2D eigenvalue weighted by Gasteiger charge is 2.16. The number of carbonyl (C=O) groups is 1. The van der Waals surface area contributed by atoms with E-state index >= 15 is 0 Å². The second-order valence-corrected chi connectivity index (χ2v) is 10.3. The molecule has 0 bridgehead atoms. The minimum absolute atomic E-state index is 0.233. The predicted molar refractivity (Wildman–Crippen MR) is 141 cm³/mol. The number of sulfonamides is 1. The van der Waals surface area contributed by atoms with Crippen molar-refractivity contribution in [2.24, 2.45) is 0 Å². The van der Waals surface area contributed by atoms with Crippen molar-refractivity contribution < 1.29 is 13.2 Å². The Morgan fingerprint density at radius 3 is 2.54 bits per heavy atom. The number of unbranched alkanes of at least 4 members (excludes halogenated alkanes) is 1. The summed E-state index contributed by atoms with van der Waals surface area (Å²) in [7, 11) is -3.86. The van der Waals surface area contributed by atoms with E-state index in [0.717, 1.165) is 45.1 Å². The van der Waals surface area contributed by atoms with Gasteiger partial charge >= 0.3 is 0 Å². The number of aryl methyl sites for hydroxylation is 1. The minimum Gasteiger partial charge on any atom is -0.268 e. The maximum atomic E-state index is 12.7. The molecule has 35 heavy (non-hydrogen) atoms. The van der Waals surface area contributed by atoms with E-state index in [9.17, 15) is 13.2 Å². The first-order valence-corrected chi connectivity index (χ1v) is 13.2. The molecule has 4 rings (SSSR count). The Kier molecular flexibility index (Phi) is 7.38. The quantitative estimate of drug-likeness (QED) is 0.313. The van der Waals surface area contributed by atoms with Crippen LogP contribution in [0, 0.1) is 6.92 Å². The van der Waals surface area contributed by atoms with E-state index in [4.69, 9.17) is 11.6 Å². The highest BCUT2D eigenvalue weighted by atomic mass is 35.5. The molecular formula is C27H26ClN3O3S. The number of hydrogen-bond acceptors (Lipinski definition) is 4. The second kappa shape index (κ2) is 10.5. The standard InChI is InChI=1S/C27H26ClN3O3S/c1-3-4-8-15-35(33,34)30-27(32)22-13-14-24-19(2)29-31(26(24)17-22)18-23-12-11-21(16-25(23)28)20-9-6-5-7-10-20/h5-17H,3-4,18H2,1-2H3,(H,30,32)/b15-8+. The van der Waals surface area contributed by atoms with E-state index in [1.165, 1.54) is 6.08 Å². The Morgan fingerprint density at radius 1 is 1.06 bits per heavy atom. The lowest BCUT2D eigenvalue weighted by Gasteiger charge is -2.10. The summed E-state index contributed by atoms with van der Waals surface area (Å²) in [5.74, 6) is -0.691. The lowest BCUT2D eigenvalue weighted by molar-refractivity contribution is 0.0982. The summed E-state index contributed by atoms with van der Waals surface area (Å²) < 4.78 is 28.2. The van der Waals surface area contributed by atoms with Crippen LogP contribution in [-0.2, 0) is 16.6 Å². The van der Waals surface area contributed by atoms with Gasteiger partial charge in [-0.15, -0.1) is 0 Å². The van der Waals surface area contributed by atoms with E-state index in [1.54, 1.807) is 22.9 Å². The zero-order valence-electron chi connectivity index (χ0n) is 19.5. The van der Waals surface area contributed by atoms with Gasteiger partial charge in [0.1, 0.15) is 0 Å². The van der Waals surface area contributed by atoms with Crippen molar-refractivity contribution in [1.29, 1.82) is 0 Å². The summed E-state index contributed by atoms with van der Waals surface area (Å²) in [6.45, 7) is 4.24. The molecule has 1 aromatic heterocycles. The molecule has 8 heteroatoms. The third-order valence-electron chi connectivity index (χ3n) is 5.64. The molecule has 1 heterocycles. The van der Waals surface area contributed by atoms with Crippen LogP contribution in [-0.4, -0.2) is 24.1 Å². The van der Waals surface area contributed by atoms with Gasteiger partial charge in [-0.05, 0) is 48.2 Å². The Labute approximate surface area is 210 Å². The van der Waals surface area contributed by atoms with Gasteiger partial charge in [0.2, 0.25) is 0 Å². The molecule has 0 unspecified atom stereocenters. The maximum absolute atomic E-state index is 12.7. The molecule has 0 radical (unpaired) electrons. The number of nitrogens with one attached hydrogen (secondary N) is 1. The SMILES string of the molecule is CCC/C=C/S(=O)(=O)NC(=O)c1ccc2c(C)nn(Cc3ccc(-c4ccccc4)cc3Cl)c2c1. The fourth-order valence-corrected chi connectivity index (χ4v) is 4.91. The molecule has 0 aliphatic carbocycles. The maximum Gasteiger partial charge on any atom is 0.265 e. The van der Waals surface area contributed by atoms with E-state index in [0.29, 0.717) is 18.0 Å². The van der Waals surface area contributed by atoms with Crippen molar-refractivity contribution in [2.45, 2.75) is 33.2 Å². The Balaban J connectivity index is 1.61. The smallest absolute Gasteiger partial charge is 0.265 e. The zero-order valence-corrected chi connectivity index (χ0v) is 21.1. The van der Waals surface area contributed by atoms with Crippen LogP contribution in [0.1, 0.15) is 41.4 Å². The van der Waals surface area contributed by atoms with Crippen molar-refractivity contribution >= 4 is 38.4 Å². The van der Waals surface area contributed by atoms with Crippen LogP contribution in [0.5, 0.6) is 0 Å². The lowest BCUT2D eigenvalue weighted by Crippen LogP contribution is -2.28. The molecule has 4 aromatic rings. The summed E-state index contributed by atoms with van der Waals surface area (Å²) in [5.41, 5.74) is 4.74. The van der Waals surface area contributed by atoms with Gasteiger partial charge < -0.3 is 0 Å². The molecule has 0 spiro atoms. The van der Waals surface area contributed by atoms with Crippen LogP contribution in [0.4, 0.5) is 0 Å². The summed E-state index contributed by atoms with van der Waals surface area (Å²) in [6.07, 6.45) is 2.97. The average molecular weight is 508 g/mol. The predicted octanol–water partition coefficient (Wildman–Crippen LogP) is 6.09. The van der Waals surface area contributed by atoms with E-state index in [-0.39, 0.29) is 5.56 Å². The Morgan fingerprint density at radius 2 is 1.83 bits per heavy atom. The zero-order chi connectivity index (χ0) is 25.0. The number of rotatable bonds is 8. The monoisotopic (exact) mass is 507 g/mol. The summed E-state index contributed by atoms with van der Waals surface area (Å²) in [5, 5.41) is 7.15. The summed E-state index contributed by atoms with van der Waals surface area (Å²) >= 11 is 6.62. The second-order valence-electron chi connectivity index (χ2n) is 8.28. The van der Waals surface area contributed by atoms with E-state index in [2.05, 4.69) is 9.82 Å². The minimum atomic E-state index is -3.86. The molecule has 3 aromatic carbocycles. The molecule has 1 N–H and O–H groups in total. The first-order chi connectivity index (χ1) is 16.8. The number of halogens is 1. The van der Waals surface area contributed by atoms with Crippen molar-refractivity contribution in [1.82, 2.24) is 14.5 Å².